The Kier molecular flexibility index (Phi) is 6.02. The van der Waals surface area contributed by atoms with Gasteiger partial charge in [-0.2, -0.15) is 0 Å². The van der Waals surface area contributed by atoms with Gasteiger partial charge in [-0.15, -0.1) is 11.3 Å². The molecule has 0 radical (unpaired) electrons. The third kappa shape index (κ3) is 4.30. The minimum atomic E-state index is -0.216. The van der Waals surface area contributed by atoms with Gasteiger partial charge in [0.15, 0.2) is 0 Å². The molecule has 1 atom stereocenters. The van der Waals surface area contributed by atoms with E-state index in [1.165, 1.54) is 10.9 Å². The van der Waals surface area contributed by atoms with Crippen molar-refractivity contribution < 1.29 is 4.39 Å². The molecular weight excluding hydrogens is 293 g/mol. The molecule has 1 unspecified atom stereocenters. The van der Waals surface area contributed by atoms with Crippen LogP contribution in [0.25, 0.3) is 0 Å². The molecular formula is C16H19ClFNS. The maximum atomic E-state index is 13.9. The van der Waals surface area contributed by atoms with Crippen LogP contribution in [0.5, 0.6) is 0 Å². The second kappa shape index (κ2) is 7.77. The first-order valence-electron chi connectivity index (χ1n) is 6.89. The van der Waals surface area contributed by atoms with Gasteiger partial charge in [-0.3, -0.25) is 0 Å². The van der Waals surface area contributed by atoms with E-state index >= 15 is 0 Å². The number of rotatable bonds is 7. The van der Waals surface area contributed by atoms with Crippen LogP contribution in [0.1, 0.15) is 23.8 Å². The molecule has 0 saturated heterocycles. The van der Waals surface area contributed by atoms with Crippen molar-refractivity contribution in [3.63, 3.8) is 0 Å². The van der Waals surface area contributed by atoms with E-state index in [4.69, 9.17) is 11.6 Å². The summed E-state index contributed by atoms with van der Waals surface area (Å²) in [4.78, 5) is 1.31. The van der Waals surface area contributed by atoms with Crippen molar-refractivity contribution in [1.82, 2.24) is 5.32 Å². The summed E-state index contributed by atoms with van der Waals surface area (Å²) in [5.41, 5.74) is 0.610. The first-order chi connectivity index (χ1) is 9.70. The van der Waals surface area contributed by atoms with Crippen LogP contribution in [0.4, 0.5) is 4.39 Å². The zero-order valence-electron chi connectivity index (χ0n) is 11.5. The Labute approximate surface area is 128 Å². The van der Waals surface area contributed by atoms with Gasteiger partial charge in [0.2, 0.25) is 0 Å². The molecule has 0 saturated carbocycles. The Morgan fingerprint density at radius 2 is 2.10 bits per heavy atom. The lowest BCUT2D eigenvalue weighted by molar-refractivity contribution is 0.495. The minimum absolute atomic E-state index is 0.211. The summed E-state index contributed by atoms with van der Waals surface area (Å²) >= 11 is 7.86. The summed E-state index contributed by atoms with van der Waals surface area (Å²) in [5.74, 6) is -0.216. The Morgan fingerprint density at radius 1 is 1.25 bits per heavy atom. The zero-order valence-corrected chi connectivity index (χ0v) is 13.1. The lowest BCUT2D eigenvalue weighted by atomic mass is 10.0. The Morgan fingerprint density at radius 3 is 2.75 bits per heavy atom. The largest absolute Gasteiger partial charge is 0.313 e. The van der Waals surface area contributed by atoms with Gasteiger partial charge in [0.25, 0.3) is 0 Å². The minimum Gasteiger partial charge on any atom is -0.313 e. The smallest absolute Gasteiger partial charge is 0.127 e. The molecule has 0 amide bonds. The summed E-state index contributed by atoms with van der Waals surface area (Å²) in [6.07, 6.45) is 2.58. The van der Waals surface area contributed by atoms with Crippen molar-refractivity contribution in [3.05, 3.63) is 57.0 Å². The molecule has 2 rings (SSSR count). The molecule has 1 nitrogen and oxygen atoms in total. The van der Waals surface area contributed by atoms with Crippen molar-refractivity contribution in [2.24, 2.45) is 0 Å². The fourth-order valence-corrected chi connectivity index (χ4v) is 3.24. The standard InChI is InChI=1S/C16H19ClFNS/c1-2-8-19-12(10-13-5-4-9-20-13)11-14-15(17)6-3-7-16(14)18/h3-7,9,12,19H,2,8,10-11H2,1H3. The molecule has 108 valence electrons. The van der Waals surface area contributed by atoms with E-state index in [1.807, 2.05) is 6.07 Å². The van der Waals surface area contributed by atoms with Crippen LogP contribution in [0.15, 0.2) is 35.7 Å². The average molecular weight is 312 g/mol. The van der Waals surface area contributed by atoms with E-state index in [9.17, 15) is 4.39 Å². The van der Waals surface area contributed by atoms with E-state index in [-0.39, 0.29) is 11.9 Å². The topological polar surface area (TPSA) is 12.0 Å². The number of hydrogen-bond acceptors (Lipinski definition) is 2. The van der Waals surface area contributed by atoms with E-state index in [1.54, 1.807) is 23.5 Å². The van der Waals surface area contributed by atoms with Gasteiger partial charge in [-0.1, -0.05) is 30.7 Å². The third-order valence-corrected chi connectivity index (χ3v) is 4.48. The molecule has 0 aliphatic rings. The van der Waals surface area contributed by atoms with Crippen LogP contribution in [0.3, 0.4) is 0 Å². The van der Waals surface area contributed by atoms with Crippen molar-refractivity contribution in [1.29, 1.82) is 0 Å². The highest BCUT2D eigenvalue weighted by Gasteiger charge is 2.15. The first-order valence-corrected chi connectivity index (χ1v) is 8.15. The molecule has 0 aliphatic carbocycles. The van der Waals surface area contributed by atoms with Crippen LogP contribution in [0.2, 0.25) is 5.02 Å². The number of halogens is 2. The zero-order chi connectivity index (χ0) is 14.4. The van der Waals surface area contributed by atoms with Gasteiger partial charge in [0.05, 0.1) is 0 Å². The molecule has 20 heavy (non-hydrogen) atoms. The fourth-order valence-electron chi connectivity index (χ4n) is 2.21. The molecule has 0 fully saturated rings. The molecule has 1 aromatic carbocycles. The highest BCUT2D eigenvalue weighted by molar-refractivity contribution is 7.09. The Balaban J connectivity index is 2.10. The molecule has 0 spiro atoms. The normalized spacial score (nSPS) is 12.6. The maximum Gasteiger partial charge on any atom is 0.127 e. The van der Waals surface area contributed by atoms with E-state index < -0.39 is 0 Å². The van der Waals surface area contributed by atoms with Crippen molar-refractivity contribution >= 4 is 22.9 Å². The quantitative estimate of drug-likeness (QED) is 0.782. The fraction of sp³-hybridized carbons (Fsp3) is 0.375. The molecule has 2 aromatic rings. The maximum absolute atomic E-state index is 13.9. The summed E-state index contributed by atoms with van der Waals surface area (Å²) in [6, 6.07) is 9.25. The van der Waals surface area contributed by atoms with Crippen LogP contribution in [-0.2, 0) is 12.8 Å². The van der Waals surface area contributed by atoms with Gasteiger partial charge < -0.3 is 5.32 Å². The Bertz CT molecular complexity index is 507. The Hall–Kier alpha value is -0.900. The summed E-state index contributed by atoms with van der Waals surface area (Å²) in [6.45, 7) is 3.06. The van der Waals surface area contributed by atoms with Gasteiger partial charge >= 0.3 is 0 Å². The lowest BCUT2D eigenvalue weighted by Gasteiger charge is -2.19. The number of nitrogens with one attached hydrogen (secondary N) is 1. The van der Waals surface area contributed by atoms with Crippen LogP contribution < -0.4 is 5.32 Å². The van der Waals surface area contributed by atoms with Gasteiger partial charge in [-0.05, 0) is 49.4 Å². The van der Waals surface area contributed by atoms with Gasteiger partial charge in [0, 0.05) is 21.5 Å². The van der Waals surface area contributed by atoms with Gasteiger partial charge in [0.1, 0.15) is 5.82 Å². The first kappa shape index (κ1) is 15.5. The van der Waals surface area contributed by atoms with E-state index in [0.29, 0.717) is 17.0 Å². The number of benzene rings is 1. The highest BCUT2D eigenvalue weighted by atomic mass is 35.5. The van der Waals surface area contributed by atoms with Crippen molar-refractivity contribution in [3.8, 4) is 0 Å². The van der Waals surface area contributed by atoms with Crippen molar-refractivity contribution in [2.75, 3.05) is 6.54 Å². The number of hydrogen-bond donors (Lipinski definition) is 1. The molecule has 1 N–H and O–H groups in total. The van der Waals surface area contributed by atoms with E-state index in [2.05, 4.69) is 23.7 Å². The molecule has 0 aliphatic heterocycles. The summed E-state index contributed by atoms with van der Waals surface area (Å²) in [7, 11) is 0. The second-order valence-corrected chi connectivity index (χ2v) is 6.28. The summed E-state index contributed by atoms with van der Waals surface area (Å²) < 4.78 is 13.9. The molecule has 1 aromatic heterocycles. The van der Waals surface area contributed by atoms with Crippen molar-refractivity contribution in [2.45, 2.75) is 32.2 Å². The van der Waals surface area contributed by atoms with Crippen LogP contribution >= 0.6 is 22.9 Å². The predicted octanol–water partition coefficient (Wildman–Crippen LogP) is 4.69. The van der Waals surface area contributed by atoms with Crippen LogP contribution in [-0.4, -0.2) is 12.6 Å². The van der Waals surface area contributed by atoms with E-state index in [0.717, 1.165) is 19.4 Å². The lowest BCUT2D eigenvalue weighted by Crippen LogP contribution is -2.34. The monoisotopic (exact) mass is 311 g/mol. The summed E-state index contributed by atoms with van der Waals surface area (Å²) in [5, 5.41) is 6.08. The predicted molar refractivity (Wildman–Crippen MR) is 85.2 cm³/mol. The second-order valence-electron chi connectivity index (χ2n) is 4.84. The SMILES string of the molecule is CCCNC(Cc1cccs1)Cc1c(F)cccc1Cl. The third-order valence-electron chi connectivity index (χ3n) is 3.22. The molecule has 1 heterocycles. The van der Waals surface area contributed by atoms with Crippen LogP contribution in [0, 0.1) is 5.82 Å². The number of thiophene rings is 1. The van der Waals surface area contributed by atoms with Gasteiger partial charge in [-0.25, -0.2) is 4.39 Å². The molecule has 4 heteroatoms. The highest BCUT2D eigenvalue weighted by Crippen LogP contribution is 2.22. The average Bonchev–Trinajstić information content (AvgIpc) is 2.93. The molecule has 0 bridgehead atoms.